The van der Waals surface area contributed by atoms with Gasteiger partial charge in [-0.05, 0) is 31.4 Å². The highest BCUT2D eigenvalue weighted by Gasteiger charge is 2.38. The van der Waals surface area contributed by atoms with Crippen LogP contribution in [0.1, 0.15) is 32.6 Å². The Hall–Kier alpha value is -2.41. The number of urea groups is 1. The Morgan fingerprint density at radius 3 is 2.54 bits per heavy atom. The first kappa shape index (κ1) is 18.4. The lowest BCUT2D eigenvalue weighted by atomic mass is 9.96. The average molecular weight is 358 g/mol. The Bertz CT molecular complexity index is 656. The molecule has 2 saturated heterocycles. The molecule has 1 aromatic rings. The van der Waals surface area contributed by atoms with E-state index in [1.165, 1.54) is 4.90 Å². The predicted molar refractivity (Wildman–Crippen MR) is 98.3 cm³/mol. The molecule has 2 N–H and O–H groups in total. The number of nitrogens with zero attached hydrogens (tertiary/aromatic N) is 2. The van der Waals surface area contributed by atoms with Crippen molar-refractivity contribution < 1.29 is 14.4 Å². The lowest BCUT2D eigenvalue weighted by molar-refractivity contribution is -0.130. The van der Waals surface area contributed by atoms with Crippen LogP contribution in [0.2, 0.25) is 0 Å². The summed E-state index contributed by atoms with van der Waals surface area (Å²) in [7, 11) is 0. The van der Waals surface area contributed by atoms with Crippen LogP contribution in [0.25, 0.3) is 0 Å². The van der Waals surface area contributed by atoms with Gasteiger partial charge in [0.05, 0.1) is 6.67 Å². The molecule has 0 aromatic heterocycles. The Balaban J connectivity index is 1.47. The van der Waals surface area contributed by atoms with E-state index < -0.39 is 0 Å². The van der Waals surface area contributed by atoms with Crippen LogP contribution in [0.15, 0.2) is 30.3 Å². The minimum absolute atomic E-state index is 0.0360. The lowest BCUT2D eigenvalue weighted by Gasteiger charge is -2.33. The zero-order valence-corrected chi connectivity index (χ0v) is 15.1. The van der Waals surface area contributed by atoms with E-state index in [2.05, 4.69) is 15.5 Å². The fourth-order valence-electron chi connectivity index (χ4n) is 3.50. The molecule has 0 bridgehead atoms. The largest absolute Gasteiger partial charge is 0.326 e. The third kappa shape index (κ3) is 4.22. The van der Waals surface area contributed by atoms with Gasteiger partial charge in [-0.25, -0.2) is 9.69 Å². The van der Waals surface area contributed by atoms with E-state index in [0.29, 0.717) is 26.2 Å². The molecule has 1 aromatic carbocycles. The van der Waals surface area contributed by atoms with Gasteiger partial charge in [-0.2, -0.15) is 0 Å². The van der Waals surface area contributed by atoms with Crippen molar-refractivity contribution in [1.29, 1.82) is 0 Å². The number of carbonyl (C=O) groups is 3. The average Bonchev–Trinajstić information content (AvgIpc) is 2.91. The number of hydrogen-bond acceptors (Lipinski definition) is 4. The number of rotatable bonds is 6. The molecule has 4 amide bonds. The van der Waals surface area contributed by atoms with E-state index in [1.807, 2.05) is 37.3 Å². The summed E-state index contributed by atoms with van der Waals surface area (Å²) in [4.78, 5) is 40.1. The number of piperidine rings is 1. The standard InChI is InChI=1S/C19H26N4O3/c1-2-6-16-18(25)23(19(26)21-16)13-22-11-9-14(10-12-22)17(24)20-15-7-4-3-5-8-15/h3-5,7-8,14,16H,2,6,9-13H2,1H3,(H,20,24)(H,21,26)/t16-/m0/s1. The van der Waals surface area contributed by atoms with Gasteiger partial charge < -0.3 is 10.6 Å². The summed E-state index contributed by atoms with van der Waals surface area (Å²) in [6.45, 7) is 3.69. The summed E-state index contributed by atoms with van der Waals surface area (Å²) in [6, 6.07) is 8.74. The molecular weight excluding hydrogens is 332 g/mol. The number of para-hydroxylation sites is 1. The molecule has 26 heavy (non-hydrogen) atoms. The number of likely N-dealkylation sites (tertiary alicyclic amines) is 1. The van der Waals surface area contributed by atoms with Crippen LogP contribution in [0.5, 0.6) is 0 Å². The van der Waals surface area contributed by atoms with Crippen LogP contribution < -0.4 is 10.6 Å². The van der Waals surface area contributed by atoms with Crippen molar-refractivity contribution in [3.63, 3.8) is 0 Å². The van der Waals surface area contributed by atoms with Gasteiger partial charge in [0.2, 0.25) is 5.91 Å². The summed E-state index contributed by atoms with van der Waals surface area (Å²) in [5.74, 6) is -0.142. The van der Waals surface area contributed by atoms with Crippen molar-refractivity contribution in [2.45, 2.75) is 38.6 Å². The molecule has 7 nitrogen and oxygen atoms in total. The topological polar surface area (TPSA) is 81.8 Å². The number of carbonyl (C=O) groups excluding carboxylic acids is 3. The fourth-order valence-corrected chi connectivity index (χ4v) is 3.50. The first-order valence-corrected chi connectivity index (χ1v) is 9.28. The minimum Gasteiger partial charge on any atom is -0.326 e. The Morgan fingerprint density at radius 1 is 1.19 bits per heavy atom. The lowest BCUT2D eigenvalue weighted by Crippen LogP contribution is -2.46. The minimum atomic E-state index is -0.387. The number of anilines is 1. The first-order chi connectivity index (χ1) is 12.6. The summed E-state index contributed by atoms with van der Waals surface area (Å²) in [6.07, 6.45) is 2.97. The second-order valence-corrected chi connectivity index (χ2v) is 6.95. The molecule has 0 unspecified atom stereocenters. The summed E-state index contributed by atoms with van der Waals surface area (Å²) < 4.78 is 0. The van der Waals surface area contributed by atoms with Gasteiger partial charge in [-0.15, -0.1) is 0 Å². The van der Waals surface area contributed by atoms with Gasteiger partial charge in [0, 0.05) is 24.7 Å². The predicted octanol–water partition coefficient (Wildman–Crippen LogP) is 2.02. The number of hydrogen-bond donors (Lipinski definition) is 2. The number of imide groups is 1. The molecular formula is C19H26N4O3. The maximum Gasteiger partial charge on any atom is 0.325 e. The smallest absolute Gasteiger partial charge is 0.325 e. The van der Waals surface area contributed by atoms with Crippen LogP contribution in [0.4, 0.5) is 10.5 Å². The van der Waals surface area contributed by atoms with Crippen molar-refractivity contribution >= 4 is 23.5 Å². The first-order valence-electron chi connectivity index (χ1n) is 9.28. The molecule has 0 radical (unpaired) electrons. The van der Waals surface area contributed by atoms with Gasteiger partial charge >= 0.3 is 6.03 Å². The number of benzene rings is 1. The van der Waals surface area contributed by atoms with Gasteiger partial charge in [0.1, 0.15) is 6.04 Å². The van der Waals surface area contributed by atoms with Crippen LogP contribution in [0.3, 0.4) is 0 Å². The maximum atomic E-state index is 12.4. The highest BCUT2D eigenvalue weighted by molar-refractivity contribution is 6.04. The highest BCUT2D eigenvalue weighted by Crippen LogP contribution is 2.21. The summed E-state index contributed by atoms with van der Waals surface area (Å²) in [5, 5.41) is 5.69. The van der Waals surface area contributed by atoms with E-state index in [0.717, 1.165) is 24.9 Å². The zero-order valence-electron chi connectivity index (χ0n) is 15.1. The molecule has 2 heterocycles. The summed E-state index contributed by atoms with van der Waals surface area (Å²) >= 11 is 0. The van der Waals surface area contributed by atoms with Crippen molar-refractivity contribution in [2.75, 3.05) is 25.1 Å². The third-order valence-corrected chi connectivity index (χ3v) is 5.03. The molecule has 140 valence electrons. The second kappa shape index (κ2) is 8.31. The number of nitrogens with one attached hydrogen (secondary N) is 2. The van der Waals surface area contributed by atoms with E-state index >= 15 is 0 Å². The molecule has 2 aliphatic heterocycles. The quantitative estimate of drug-likeness (QED) is 0.762. The van der Waals surface area contributed by atoms with E-state index in [9.17, 15) is 14.4 Å². The van der Waals surface area contributed by atoms with E-state index in [1.54, 1.807) is 0 Å². The molecule has 2 fully saturated rings. The fraction of sp³-hybridized carbons (Fsp3) is 0.526. The van der Waals surface area contributed by atoms with Crippen LogP contribution in [-0.4, -0.2) is 53.4 Å². The van der Waals surface area contributed by atoms with E-state index in [-0.39, 0.29) is 29.8 Å². The Kier molecular flexibility index (Phi) is 5.88. The van der Waals surface area contributed by atoms with Crippen molar-refractivity contribution in [2.24, 2.45) is 5.92 Å². The van der Waals surface area contributed by atoms with Gasteiger partial charge in [0.15, 0.2) is 0 Å². The van der Waals surface area contributed by atoms with Gasteiger partial charge in [-0.3, -0.25) is 14.5 Å². The molecule has 1 atom stereocenters. The molecule has 2 aliphatic rings. The van der Waals surface area contributed by atoms with Gasteiger partial charge in [-0.1, -0.05) is 31.5 Å². The van der Waals surface area contributed by atoms with Gasteiger partial charge in [0.25, 0.3) is 5.91 Å². The maximum absolute atomic E-state index is 12.4. The van der Waals surface area contributed by atoms with Crippen LogP contribution in [-0.2, 0) is 9.59 Å². The van der Waals surface area contributed by atoms with Crippen molar-refractivity contribution in [3.05, 3.63) is 30.3 Å². The summed E-state index contributed by atoms with van der Waals surface area (Å²) in [5.41, 5.74) is 0.807. The van der Waals surface area contributed by atoms with Crippen molar-refractivity contribution in [3.8, 4) is 0 Å². The second-order valence-electron chi connectivity index (χ2n) is 6.95. The Morgan fingerprint density at radius 2 is 1.88 bits per heavy atom. The number of amides is 4. The highest BCUT2D eigenvalue weighted by atomic mass is 16.2. The molecule has 3 rings (SSSR count). The van der Waals surface area contributed by atoms with Crippen molar-refractivity contribution in [1.82, 2.24) is 15.1 Å². The third-order valence-electron chi connectivity index (χ3n) is 5.03. The normalized spacial score (nSPS) is 21.7. The van der Waals surface area contributed by atoms with Crippen LogP contribution >= 0.6 is 0 Å². The monoisotopic (exact) mass is 358 g/mol. The molecule has 7 heteroatoms. The van der Waals surface area contributed by atoms with Crippen LogP contribution in [0, 0.1) is 5.92 Å². The SMILES string of the molecule is CCC[C@@H]1NC(=O)N(CN2CCC(C(=O)Nc3ccccc3)CC2)C1=O. The Labute approximate surface area is 153 Å². The van der Waals surface area contributed by atoms with E-state index in [4.69, 9.17) is 0 Å². The molecule has 0 saturated carbocycles. The molecule has 0 spiro atoms. The molecule has 0 aliphatic carbocycles. The zero-order chi connectivity index (χ0) is 18.5.